The Kier molecular flexibility index (Phi) is 7.83. The van der Waals surface area contributed by atoms with E-state index in [2.05, 4.69) is 45.4 Å². The van der Waals surface area contributed by atoms with E-state index in [1.54, 1.807) is 6.07 Å². The first-order valence-corrected chi connectivity index (χ1v) is 11.9. The van der Waals surface area contributed by atoms with Crippen molar-refractivity contribution >= 4 is 34.0 Å². The standard InChI is InChI=1S/C25H31ClFN5O2/c1-4-34-23-15-22-18(24(29-16-28-22)31-17-5-6-21(27)20(26)13-17)14-19(23)25(2,3)30-7-8-32-9-11-33-12-10-32/h5-6,13-16,30H,4,7-12H2,1-3H3,(H,28,29,31). The molecule has 1 saturated heterocycles. The van der Waals surface area contributed by atoms with Crippen molar-refractivity contribution in [1.82, 2.24) is 20.2 Å². The number of fused-ring (bicyclic) bond motifs is 1. The summed E-state index contributed by atoms with van der Waals surface area (Å²) in [4.78, 5) is 11.3. The number of rotatable bonds is 9. The second-order valence-electron chi connectivity index (χ2n) is 8.78. The van der Waals surface area contributed by atoms with Crippen molar-refractivity contribution in [3.63, 3.8) is 0 Å². The molecule has 182 valence electrons. The van der Waals surface area contributed by atoms with E-state index in [0.29, 0.717) is 18.1 Å². The average Bonchev–Trinajstić information content (AvgIpc) is 2.82. The van der Waals surface area contributed by atoms with Crippen molar-refractivity contribution in [2.75, 3.05) is 51.3 Å². The number of hydrogen-bond acceptors (Lipinski definition) is 7. The van der Waals surface area contributed by atoms with Crippen LogP contribution in [0.2, 0.25) is 5.02 Å². The Morgan fingerprint density at radius 1 is 1.18 bits per heavy atom. The van der Waals surface area contributed by atoms with E-state index in [-0.39, 0.29) is 10.6 Å². The van der Waals surface area contributed by atoms with E-state index in [4.69, 9.17) is 21.1 Å². The van der Waals surface area contributed by atoms with Gasteiger partial charge in [0.05, 0.1) is 30.4 Å². The quantitative estimate of drug-likeness (QED) is 0.452. The smallest absolute Gasteiger partial charge is 0.141 e. The van der Waals surface area contributed by atoms with Crippen molar-refractivity contribution < 1.29 is 13.9 Å². The zero-order valence-electron chi connectivity index (χ0n) is 19.8. The summed E-state index contributed by atoms with van der Waals surface area (Å²) in [5.74, 6) is 0.933. The molecule has 2 aromatic carbocycles. The lowest BCUT2D eigenvalue weighted by Gasteiger charge is -2.32. The van der Waals surface area contributed by atoms with Gasteiger partial charge in [-0.15, -0.1) is 0 Å². The Balaban J connectivity index is 1.63. The Morgan fingerprint density at radius 2 is 1.97 bits per heavy atom. The first kappa shape index (κ1) is 24.6. The predicted octanol–water partition coefficient (Wildman–Crippen LogP) is 4.72. The van der Waals surface area contributed by atoms with Gasteiger partial charge in [0.25, 0.3) is 0 Å². The fourth-order valence-electron chi connectivity index (χ4n) is 4.10. The number of anilines is 2. The van der Waals surface area contributed by atoms with E-state index in [1.807, 2.05) is 13.0 Å². The summed E-state index contributed by atoms with van der Waals surface area (Å²) in [6.07, 6.45) is 1.50. The molecule has 1 fully saturated rings. The highest BCUT2D eigenvalue weighted by Gasteiger charge is 2.26. The first-order chi connectivity index (χ1) is 16.4. The zero-order valence-corrected chi connectivity index (χ0v) is 20.6. The zero-order chi connectivity index (χ0) is 24.1. The van der Waals surface area contributed by atoms with Crippen LogP contribution in [0.25, 0.3) is 10.9 Å². The average molecular weight is 488 g/mol. The summed E-state index contributed by atoms with van der Waals surface area (Å²) in [5, 5.41) is 7.82. The molecule has 2 N–H and O–H groups in total. The van der Waals surface area contributed by atoms with Gasteiger partial charge in [0.2, 0.25) is 0 Å². The molecule has 1 aliphatic rings. The molecule has 34 heavy (non-hydrogen) atoms. The Bertz CT molecular complexity index is 1140. The molecule has 7 nitrogen and oxygen atoms in total. The van der Waals surface area contributed by atoms with Gasteiger partial charge < -0.3 is 20.1 Å². The van der Waals surface area contributed by atoms with Crippen molar-refractivity contribution in [2.24, 2.45) is 0 Å². The van der Waals surface area contributed by atoms with Gasteiger partial charge in [0.1, 0.15) is 23.7 Å². The highest BCUT2D eigenvalue weighted by atomic mass is 35.5. The lowest BCUT2D eigenvalue weighted by Crippen LogP contribution is -2.44. The summed E-state index contributed by atoms with van der Waals surface area (Å²) >= 11 is 5.96. The maximum Gasteiger partial charge on any atom is 0.141 e. The molecule has 1 aromatic heterocycles. The van der Waals surface area contributed by atoms with Crippen LogP contribution >= 0.6 is 11.6 Å². The summed E-state index contributed by atoms with van der Waals surface area (Å²) in [7, 11) is 0. The highest BCUT2D eigenvalue weighted by Crippen LogP contribution is 2.36. The molecule has 3 aromatic rings. The number of morpholine rings is 1. The summed E-state index contributed by atoms with van der Waals surface area (Å²) in [5.41, 5.74) is 2.04. The third kappa shape index (κ3) is 5.75. The van der Waals surface area contributed by atoms with Crippen molar-refractivity contribution in [3.8, 4) is 5.75 Å². The minimum atomic E-state index is -0.465. The van der Waals surface area contributed by atoms with Crippen LogP contribution in [0.15, 0.2) is 36.7 Å². The molecule has 1 aliphatic heterocycles. The number of aromatic nitrogens is 2. The molecule has 0 amide bonds. The first-order valence-electron chi connectivity index (χ1n) is 11.6. The van der Waals surface area contributed by atoms with Gasteiger partial charge in [0.15, 0.2) is 0 Å². The number of ether oxygens (including phenoxy) is 2. The highest BCUT2D eigenvalue weighted by molar-refractivity contribution is 6.31. The molecular formula is C25H31ClFN5O2. The van der Waals surface area contributed by atoms with Crippen LogP contribution < -0.4 is 15.4 Å². The SMILES string of the molecule is CCOc1cc2ncnc(Nc3ccc(F)c(Cl)c3)c2cc1C(C)(C)NCCN1CCOCC1. The van der Waals surface area contributed by atoms with Crippen LogP contribution in [0.3, 0.4) is 0 Å². The molecular weight excluding hydrogens is 457 g/mol. The topological polar surface area (TPSA) is 71.5 Å². The number of benzene rings is 2. The molecule has 0 bridgehead atoms. The van der Waals surface area contributed by atoms with Crippen LogP contribution in [0, 0.1) is 5.82 Å². The fourth-order valence-corrected chi connectivity index (χ4v) is 4.28. The van der Waals surface area contributed by atoms with Gasteiger partial charge in [-0.25, -0.2) is 14.4 Å². The Morgan fingerprint density at radius 3 is 2.71 bits per heavy atom. The number of nitrogens with zero attached hydrogens (tertiary/aromatic N) is 3. The van der Waals surface area contributed by atoms with Crippen LogP contribution in [0.4, 0.5) is 15.9 Å². The minimum absolute atomic E-state index is 0.0493. The van der Waals surface area contributed by atoms with Gasteiger partial charge in [-0.1, -0.05) is 11.6 Å². The van der Waals surface area contributed by atoms with Gasteiger partial charge in [-0.2, -0.15) is 0 Å². The molecule has 0 saturated carbocycles. The van der Waals surface area contributed by atoms with E-state index < -0.39 is 5.82 Å². The van der Waals surface area contributed by atoms with Crippen molar-refractivity contribution in [3.05, 3.63) is 53.1 Å². The predicted molar refractivity (Wildman–Crippen MR) is 134 cm³/mol. The number of nitrogens with one attached hydrogen (secondary N) is 2. The number of hydrogen-bond donors (Lipinski definition) is 2. The monoisotopic (exact) mass is 487 g/mol. The van der Waals surface area contributed by atoms with Crippen molar-refractivity contribution in [2.45, 2.75) is 26.3 Å². The van der Waals surface area contributed by atoms with Crippen LogP contribution in [0.1, 0.15) is 26.3 Å². The maximum atomic E-state index is 13.6. The van der Waals surface area contributed by atoms with E-state index >= 15 is 0 Å². The molecule has 0 radical (unpaired) electrons. The number of halogens is 2. The molecule has 0 unspecified atom stereocenters. The second-order valence-corrected chi connectivity index (χ2v) is 9.19. The lowest BCUT2D eigenvalue weighted by atomic mass is 9.91. The Labute approximate surface area is 204 Å². The normalized spacial score (nSPS) is 15.0. The van der Waals surface area contributed by atoms with Gasteiger partial charge in [-0.3, -0.25) is 4.90 Å². The third-order valence-corrected chi connectivity index (χ3v) is 6.28. The molecule has 4 rings (SSSR count). The largest absolute Gasteiger partial charge is 0.493 e. The van der Waals surface area contributed by atoms with Crippen LogP contribution in [0.5, 0.6) is 5.75 Å². The molecule has 0 aliphatic carbocycles. The van der Waals surface area contributed by atoms with E-state index in [1.165, 1.54) is 18.5 Å². The van der Waals surface area contributed by atoms with Crippen LogP contribution in [-0.4, -0.2) is 60.9 Å². The Hall–Kier alpha value is -2.52. The van der Waals surface area contributed by atoms with Crippen LogP contribution in [-0.2, 0) is 10.3 Å². The maximum absolute atomic E-state index is 13.6. The minimum Gasteiger partial charge on any atom is -0.493 e. The summed E-state index contributed by atoms with van der Waals surface area (Å²) in [6.45, 7) is 12.1. The van der Waals surface area contributed by atoms with Gasteiger partial charge in [0, 0.05) is 54.4 Å². The second kappa shape index (κ2) is 10.8. The van der Waals surface area contributed by atoms with E-state index in [0.717, 1.165) is 61.6 Å². The summed E-state index contributed by atoms with van der Waals surface area (Å²) < 4.78 is 25.0. The molecule has 9 heteroatoms. The molecule has 2 heterocycles. The fraction of sp³-hybridized carbons (Fsp3) is 0.440. The lowest BCUT2D eigenvalue weighted by molar-refractivity contribution is 0.0376. The molecule has 0 spiro atoms. The summed E-state index contributed by atoms with van der Waals surface area (Å²) in [6, 6.07) is 8.51. The van der Waals surface area contributed by atoms with Gasteiger partial charge in [-0.05, 0) is 45.0 Å². The molecule has 0 atom stereocenters. The van der Waals surface area contributed by atoms with Gasteiger partial charge >= 0.3 is 0 Å². The van der Waals surface area contributed by atoms with Crippen molar-refractivity contribution in [1.29, 1.82) is 0 Å². The van der Waals surface area contributed by atoms with E-state index in [9.17, 15) is 4.39 Å². The third-order valence-electron chi connectivity index (χ3n) is 5.99.